The molecule has 12 heteroatoms. The minimum atomic E-state index is -4.02. The summed E-state index contributed by atoms with van der Waals surface area (Å²) in [5.41, 5.74) is 1.06. The molecule has 2 N–H and O–H groups in total. The highest BCUT2D eigenvalue weighted by Crippen LogP contribution is 2.30. The Labute approximate surface area is 237 Å². The van der Waals surface area contributed by atoms with Crippen LogP contribution >= 0.6 is 22.9 Å². The fourth-order valence-electron chi connectivity index (χ4n) is 4.09. The van der Waals surface area contributed by atoms with Crippen molar-refractivity contribution in [3.63, 3.8) is 0 Å². The molecule has 4 aromatic rings. The van der Waals surface area contributed by atoms with E-state index in [1.165, 1.54) is 61.5 Å². The van der Waals surface area contributed by atoms with Gasteiger partial charge in [0.1, 0.15) is 4.21 Å². The molecular weight excluding hydrogens is 576 g/mol. The molecule has 1 atom stereocenters. The Morgan fingerprint density at radius 2 is 1.48 bits per heavy atom. The van der Waals surface area contributed by atoms with Crippen molar-refractivity contribution >= 4 is 67.8 Å². The van der Waals surface area contributed by atoms with Crippen LogP contribution in [-0.4, -0.2) is 38.0 Å². The molecule has 0 bridgehead atoms. The first kappa shape index (κ1) is 27.3. The molecule has 1 aliphatic rings. The Morgan fingerprint density at radius 3 is 2.15 bits per heavy atom. The van der Waals surface area contributed by atoms with Crippen LogP contribution in [0.15, 0.2) is 83.1 Å². The van der Waals surface area contributed by atoms with Crippen molar-refractivity contribution < 1.29 is 32.3 Å². The number of anilines is 2. The number of para-hydroxylation sites is 1. The van der Waals surface area contributed by atoms with Crippen LogP contribution < -0.4 is 10.0 Å². The van der Waals surface area contributed by atoms with E-state index in [2.05, 4.69) is 10.0 Å². The Bertz CT molecular complexity index is 1810. The van der Waals surface area contributed by atoms with Crippen LogP contribution in [0.4, 0.5) is 11.4 Å². The molecule has 1 heterocycles. The third-order valence-electron chi connectivity index (χ3n) is 6.05. The van der Waals surface area contributed by atoms with Crippen LogP contribution in [0.25, 0.3) is 0 Å². The molecule has 5 rings (SSSR count). The second kappa shape index (κ2) is 10.7. The number of amides is 1. The zero-order chi connectivity index (χ0) is 28.6. The van der Waals surface area contributed by atoms with Crippen molar-refractivity contribution in [2.24, 2.45) is 0 Å². The maximum Gasteiger partial charge on any atom is 0.341 e. The molecule has 1 amide bonds. The standard InChI is InChI=1S/C28H19ClN2O7S2/c1-15(38-28(35)20-8-4-5-9-22(20)31-40(36,37)24-13-12-23(29)39-24)27(34)30-16-10-11-19-21(14-16)26(33)18-7-3-2-6-17(18)25(19)32/h2-15,31H,1H3,(H,30,34)/t15-/m0/s1. The molecule has 9 nitrogen and oxygen atoms in total. The fourth-order valence-corrected chi connectivity index (χ4v) is 6.65. The Hall–Kier alpha value is -4.32. The fraction of sp³-hybridized carbons (Fsp3) is 0.0714. The van der Waals surface area contributed by atoms with E-state index in [4.69, 9.17) is 16.3 Å². The molecular formula is C28H19ClN2O7S2. The highest BCUT2D eigenvalue weighted by molar-refractivity contribution is 7.94. The summed E-state index contributed by atoms with van der Waals surface area (Å²) in [5.74, 6) is -2.27. The van der Waals surface area contributed by atoms with Gasteiger partial charge in [0.2, 0.25) is 0 Å². The molecule has 0 fully saturated rings. The van der Waals surface area contributed by atoms with Gasteiger partial charge >= 0.3 is 5.97 Å². The number of ether oxygens (including phenoxy) is 1. The van der Waals surface area contributed by atoms with Crippen molar-refractivity contribution in [3.8, 4) is 0 Å². The van der Waals surface area contributed by atoms with Crippen LogP contribution in [0.3, 0.4) is 0 Å². The summed E-state index contributed by atoms with van der Waals surface area (Å²) in [4.78, 5) is 51.5. The Morgan fingerprint density at radius 1 is 0.850 bits per heavy atom. The van der Waals surface area contributed by atoms with Gasteiger partial charge in [0.15, 0.2) is 17.7 Å². The van der Waals surface area contributed by atoms with Crippen molar-refractivity contribution in [1.29, 1.82) is 0 Å². The predicted octanol–water partition coefficient (Wildman–Crippen LogP) is 5.16. The van der Waals surface area contributed by atoms with Crippen LogP contribution in [0.5, 0.6) is 0 Å². The number of hydrogen-bond donors (Lipinski definition) is 2. The van der Waals surface area contributed by atoms with Crippen molar-refractivity contribution in [1.82, 2.24) is 0 Å². The maximum atomic E-state index is 13.0. The number of fused-ring (bicyclic) bond motifs is 2. The second-order valence-corrected chi connectivity index (χ2v) is 12.3. The van der Waals surface area contributed by atoms with Gasteiger partial charge in [0, 0.05) is 27.9 Å². The minimum absolute atomic E-state index is 0.0391. The van der Waals surface area contributed by atoms with Gasteiger partial charge < -0.3 is 10.1 Å². The number of nitrogens with one attached hydrogen (secondary N) is 2. The zero-order valence-corrected chi connectivity index (χ0v) is 23.0. The molecule has 0 radical (unpaired) electrons. The van der Waals surface area contributed by atoms with E-state index in [1.807, 2.05) is 0 Å². The highest BCUT2D eigenvalue weighted by atomic mass is 35.5. The first-order valence-electron chi connectivity index (χ1n) is 11.8. The quantitative estimate of drug-likeness (QED) is 0.248. The molecule has 0 saturated heterocycles. The van der Waals surface area contributed by atoms with E-state index < -0.39 is 28.0 Å². The summed E-state index contributed by atoms with van der Waals surface area (Å²) in [6, 6.07) is 19.4. The third-order valence-corrected chi connectivity index (χ3v) is 9.14. The van der Waals surface area contributed by atoms with Gasteiger partial charge in [-0.1, -0.05) is 48.0 Å². The van der Waals surface area contributed by atoms with Crippen LogP contribution in [0.1, 0.15) is 49.1 Å². The maximum absolute atomic E-state index is 13.0. The average Bonchev–Trinajstić information content (AvgIpc) is 3.39. The first-order chi connectivity index (χ1) is 19.0. The second-order valence-electron chi connectivity index (χ2n) is 8.71. The number of ketones is 2. The predicted molar refractivity (Wildman–Crippen MR) is 150 cm³/mol. The van der Waals surface area contributed by atoms with E-state index in [0.29, 0.717) is 5.56 Å². The molecule has 1 aromatic heterocycles. The molecule has 40 heavy (non-hydrogen) atoms. The van der Waals surface area contributed by atoms with Crippen LogP contribution in [0, 0.1) is 0 Å². The van der Waals surface area contributed by atoms with Crippen LogP contribution in [0.2, 0.25) is 4.34 Å². The van der Waals surface area contributed by atoms with Gasteiger partial charge in [-0.25, -0.2) is 13.2 Å². The van der Waals surface area contributed by atoms with Crippen molar-refractivity contribution in [2.75, 3.05) is 10.0 Å². The molecule has 0 spiro atoms. The normalized spacial score (nSPS) is 13.2. The number of thiophene rings is 1. The molecule has 0 aliphatic heterocycles. The number of benzene rings is 3. The number of carbonyl (C=O) groups excluding carboxylic acids is 4. The number of sulfonamides is 1. The summed E-state index contributed by atoms with van der Waals surface area (Å²) in [6.07, 6.45) is -1.29. The molecule has 0 saturated carbocycles. The number of carbonyl (C=O) groups is 4. The number of rotatable bonds is 7. The van der Waals surface area contributed by atoms with Gasteiger partial charge in [0.05, 0.1) is 15.6 Å². The summed E-state index contributed by atoms with van der Waals surface area (Å²) < 4.78 is 33.3. The number of hydrogen-bond acceptors (Lipinski definition) is 8. The summed E-state index contributed by atoms with van der Waals surface area (Å²) in [5, 5.41) is 2.58. The topological polar surface area (TPSA) is 136 Å². The molecule has 202 valence electrons. The lowest BCUT2D eigenvalue weighted by atomic mass is 9.84. The van der Waals surface area contributed by atoms with Crippen molar-refractivity contribution in [3.05, 3.63) is 111 Å². The lowest BCUT2D eigenvalue weighted by Gasteiger charge is -2.19. The van der Waals surface area contributed by atoms with Crippen LogP contribution in [-0.2, 0) is 19.6 Å². The van der Waals surface area contributed by atoms with E-state index >= 15 is 0 Å². The summed E-state index contributed by atoms with van der Waals surface area (Å²) >= 11 is 6.70. The van der Waals surface area contributed by atoms with E-state index in [-0.39, 0.29) is 53.7 Å². The zero-order valence-electron chi connectivity index (χ0n) is 20.6. The first-order valence-corrected chi connectivity index (χ1v) is 14.4. The van der Waals surface area contributed by atoms with Gasteiger partial charge in [-0.2, -0.15) is 0 Å². The van der Waals surface area contributed by atoms with Gasteiger partial charge in [-0.3, -0.25) is 19.1 Å². The molecule has 3 aromatic carbocycles. The smallest absolute Gasteiger partial charge is 0.341 e. The molecule has 1 aliphatic carbocycles. The Balaban J connectivity index is 1.29. The summed E-state index contributed by atoms with van der Waals surface area (Å²) in [6.45, 7) is 1.34. The Kier molecular flexibility index (Phi) is 7.28. The van der Waals surface area contributed by atoms with E-state index in [1.54, 1.807) is 24.3 Å². The average molecular weight is 595 g/mol. The van der Waals surface area contributed by atoms with E-state index in [9.17, 15) is 27.6 Å². The lowest BCUT2D eigenvalue weighted by molar-refractivity contribution is -0.123. The number of esters is 1. The largest absolute Gasteiger partial charge is 0.449 e. The summed E-state index contributed by atoms with van der Waals surface area (Å²) in [7, 11) is -4.02. The van der Waals surface area contributed by atoms with Gasteiger partial charge in [0.25, 0.3) is 15.9 Å². The minimum Gasteiger partial charge on any atom is -0.449 e. The lowest BCUT2D eigenvalue weighted by Crippen LogP contribution is -2.30. The third kappa shape index (κ3) is 5.26. The van der Waals surface area contributed by atoms with Gasteiger partial charge in [-0.05, 0) is 49.4 Å². The molecule has 0 unspecified atom stereocenters. The van der Waals surface area contributed by atoms with Gasteiger partial charge in [-0.15, -0.1) is 11.3 Å². The highest BCUT2D eigenvalue weighted by Gasteiger charge is 2.30. The monoisotopic (exact) mass is 594 g/mol. The van der Waals surface area contributed by atoms with E-state index in [0.717, 1.165) is 11.3 Å². The van der Waals surface area contributed by atoms with Crippen molar-refractivity contribution in [2.45, 2.75) is 17.2 Å². The number of halogens is 1. The SMILES string of the molecule is C[C@H](OC(=O)c1ccccc1NS(=O)(=O)c1ccc(Cl)s1)C(=O)Nc1ccc2c(c1)C(=O)c1ccccc1C2=O.